The number of carbonyl (C=O) groups is 2. The maximum absolute atomic E-state index is 12.2. The lowest BCUT2D eigenvalue weighted by molar-refractivity contribution is -0.134. The summed E-state index contributed by atoms with van der Waals surface area (Å²) in [7, 11) is 0. The van der Waals surface area contributed by atoms with Crippen molar-refractivity contribution in [1.29, 1.82) is 0 Å². The Morgan fingerprint density at radius 2 is 1.90 bits per heavy atom. The lowest BCUT2D eigenvalue weighted by atomic mass is 10.1. The third kappa shape index (κ3) is 5.43. The van der Waals surface area contributed by atoms with Gasteiger partial charge in [-0.2, -0.15) is 0 Å². The molecule has 0 aliphatic rings. The summed E-state index contributed by atoms with van der Waals surface area (Å²) in [6.45, 7) is 2.00. The van der Waals surface area contributed by atoms with Gasteiger partial charge in [0.15, 0.2) is 0 Å². The fourth-order valence-corrected chi connectivity index (χ4v) is 3.42. The van der Waals surface area contributed by atoms with Crippen LogP contribution < -0.4 is 10.1 Å². The summed E-state index contributed by atoms with van der Waals surface area (Å²) < 4.78 is 11.0. The molecule has 1 amide bonds. The number of thiophene rings is 1. The Balaban J connectivity index is 1.31. The maximum Gasteiger partial charge on any atom is 0.311 e. The molecule has 4 aromatic rings. The number of amides is 1. The van der Waals surface area contributed by atoms with Crippen molar-refractivity contribution >= 4 is 28.9 Å². The van der Waals surface area contributed by atoms with Crippen LogP contribution in [0.3, 0.4) is 0 Å². The van der Waals surface area contributed by atoms with Crippen molar-refractivity contribution in [2.45, 2.75) is 19.8 Å². The Hall–Kier alpha value is -3.78. The largest absolute Gasteiger partial charge is 0.426 e. The summed E-state index contributed by atoms with van der Waals surface area (Å²) in [6.07, 6.45) is 0.355. The molecular formula is C23H19N3O4S. The number of nitrogens with zero attached hydrogens (tertiary/aromatic N) is 2. The summed E-state index contributed by atoms with van der Waals surface area (Å²) in [5.74, 6) is 0.484. The molecule has 0 bridgehead atoms. The zero-order valence-corrected chi connectivity index (χ0v) is 17.5. The summed E-state index contributed by atoms with van der Waals surface area (Å²) in [5.41, 5.74) is 2.51. The molecule has 0 radical (unpaired) electrons. The van der Waals surface area contributed by atoms with Gasteiger partial charge in [0.1, 0.15) is 5.75 Å². The zero-order chi connectivity index (χ0) is 21.6. The number of hydrogen-bond acceptors (Lipinski definition) is 7. The lowest BCUT2D eigenvalue weighted by Crippen LogP contribution is -2.11. The number of anilines is 1. The third-order valence-corrected chi connectivity index (χ3v) is 5.25. The summed E-state index contributed by atoms with van der Waals surface area (Å²) in [5, 5.41) is 12.6. The van der Waals surface area contributed by atoms with Crippen LogP contribution in [0.1, 0.15) is 27.5 Å². The number of esters is 1. The van der Waals surface area contributed by atoms with Gasteiger partial charge in [-0.15, -0.1) is 21.5 Å². The van der Waals surface area contributed by atoms with Crippen molar-refractivity contribution in [3.05, 3.63) is 82.4 Å². The number of benzene rings is 2. The molecule has 8 heteroatoms. The predicted molar refractivity (Wildman–Crippen MR) is 117 cm³/mol. The molecule has 156 valence electrons. The van der Waals surface area contributed by atoms with Gasteiger partial charge in [0, 0.05) is 23.7 Å². The lowest BCUT2D eigenvalue weighted by Gasteiger charge is -2.07. The molecule has 0 saturated heterocycles. The van der Waals surface area contributed by atoms with E-state index < -0.39 is 5.97 Å². The van der Waals surface area contributed by atoms with E-state index in [-0.39, 0.29) is 18.7 Å². The van der Waals surface area contributed by atoms with Gasteiger partial charge in [-0.3, -0.25) is 9.59 Å². The van der Waals surface area contributed by atoms with Gasteiger partial charge in [0.2, 0.25) is 11.8 Å². The SMILES string of the molecule is Cc1ccc(-c2nnc(CCC(=O)Oc3cccc(NC(=O)c4cccs4)c3)o2)cc1. The van der Waals surface area contributed by atoms with Crippen LogP contribution >= 0.6 is 11.3 Å². The van der Waals surface area contributed by atoms with E-state index >= 15 is 0 Å². The normalized spacial score (nSPS) is 10.6. The Morgan fingerprint density at radius 1 is 1.06 bits per heavy atom. The molecule has 0 spiro atoms. The Morgan fingerprint density at radius 3 is 2.68 bits per heavy atom. The van der Waals surface area contributed by atoms with E-state index in [1.807, 2.05) is 42.6 Å². The van der Waals surface area contributed by atoms with Crippen LogP contribution in [0.15, 0.2) is 70.5 Å². The standard InChI is InChI=1S/C23H19N3O4S/c1-15-7-9-16(10-8-15)23-26-25-20(30-23)11-12-21(27)29-18-5-2-4-17(14-18)24-22(28)19-6-3-13-31-19/h2-10,13-14H,11-12H2,1H3,(H,24,28). The van der Waals surface area contributed by atoms with E-state index in [4.69, 9.17) is 9.15 Å². The number of hydrogen-bond donors (Lipinski definition) is 1. The highest BCUT2D eigenvalue weighted by Crippen LogP contribution is 2.21. The molecule has 0 aliphatic carbocycles. The molecule has 1 N–H and O–H groups in total. The second-order valence-corrected chi connectivity index (χ2v) is 7.75. The first-order valence-electron chi connectivity index (χ1n) is 9.62. The molecule has 0 saturated carbocycles. The topological polar surface area (TPSA) is 94.3 Å². The first-order valence-corrected chi connectivity index (χ1v) is 10.5. The molecule has 0 atom stereocenters. The van der Waals surface area contributed by atoms with Gasteiger partial charge in [-0.1, -0.05) is 29.8 Å². The van der Waals surface area contributed by atoms with Gasteiger partial charge in [-0.05, 0) is 42.6 Å². The van der Waals surface area contributed by atoms with Crippen molar-refractivity contribution in [2.24, 2.45) is 0 Å². The molecule has 4 rings (SSSR count). The Labute approximate surface area is 182 Å². The van der Waals surface area contributed by atoms with E-state index in [0.717, 1.165) is 11.1 Å². The fraction of sp³-hybridized carbons (Fsp3) is 0.130. The Kier molecular flexibility index (Phi) is 6.18. The number of ether oxygens (including phenoxy) is 1. The van der Waals surface area contributed by atoms with Gasteiger partial charge in [0.25, 0.3) is 5.91 Å². The fourth-order valence-electron chi connectivity index (χ4n) is 2.80. The molecular weight excluding hydrogens is 414 g/mol. The molecule has 0 fully saturated rings. The maximum atomic E-state index is 12.2. The molecule has 0 unspecified atom stereocenters. The van der Waals surface area contributed by atoms with Crippen LogP contribution in [0.5, 0.6) is 5.75 Å². The third-order valence-electron chi connectivity index (χ3n) is 4.38. The van der Waals surface area contributed by atoms with E-state index in [2.05, 4.69) is 15.5 Å². The minimum Gasteiger partial charge on any atom is -0.426 e. The second kappa shape index (κ2) is 9.36. The molecule has 0 aliphatic heterocycles. The minimum absolute atomic E-state index is 0.0846. The average Bonchev–Trinajstić information content (AvgIpc) is 3.46. The first-order chi connectivity index (χ1) is 15.1. The number of rotatable bonds is 7. The van der Waals surface area contributed by atoms with E-state index in [1.54, 1.807) is 30.3 Å². The highest BCUT2D eigenvalue weighted by molar-refractivity contribution is 7.12. The van der Waals surface area contributed by atoms with Crippen molar-refractivity contribution in [1.82, 2.24) is 10.2 Å². The number of carbonyl (C=O) groups excluding carboxylic acids is 2. The number of aromatic nitrogens is 2. The molecule has 7 nitrogen and oxygen atoms in total. The van der Waals surface area contributed by atoms with Crippen LogP contribution in [0.2, 0.25) is 0 Å². The van der Waals surface area contributed by atoms with Crippen LogP contribution in [0, 0.1) is 6.92 Å². The Bertz CT molecular complexity index is 1180. The highest BCUT2D eigenvalue weighted by Gasteiger charge is 2.13. The molecule has 2 aromatic heterocycles. The quantitative estimate of drug-likeness (QED) is 0.329. The smallest absolute Gasteiger partial charge is 0.311 e. The van der Waals surface area contributed by atoms with E-state index in [1.165, 1.54) is 11.3 Å². The van der Waals surface area contributed by atoms with Crippen molar-refractivity contribution in [3.8, 4) is 17.2 Å². The summed E-state index contributed by atoms with van der Waals surface area (Å²) in [4.78, 5) is 25.0. The monoisotopic (exact) mass is 433 g/mol. The van der Waals surface area contributed by atoms with Crippen molar-refractivity contribution in [2.75, 3.05) is 5.32 Å². The second-order valence-electron chi connectivity index (χ2n) is 6.80. The first kappa shape index (κ1) is 20.5. The van der Waals surface area contributed by atoms with Gasteiger partial charge in [-0.25, -0.2) is 0 Å². The number of aryl methyl sites for hydroxylation is 2. The highest BCUT2D eigenvalue weighted by atomic mass is 32.1. The van der Waals surface area contributed by atoms with Gasteiger partial charge < -0.3 is 14.5 Å². The summed E-state index contributed by atoms with van der Waals surface area (Å²) in [6, 6.07) is 18.0. The van der Waals surface area contributed by atoms with Crippen LogP contribution in [0.25, 0.3) is 11.5 Å². The van der Waals surface area contributed by atoms with Crippen LogP contribution in [0.4, 0.5) is 5.69 Å². The van der Waals surface area contributed by atoms with Gasteiger partial charge >= 0.3 is 5.97 Å². The number of nitrogens with one attached hydrogen (secondary N) is 1. The predicted octanol–water partition coefficient (Wildman–Crippen LogP) is 4.90. The average molecular weight is 433 g/mol. The van der Waals surface area contributed by atoms with E-state index in [0.29, 0.717) is 28.1 Å². The van der Waals surface area contributed by atoms with Crippen LogP contribution in [-0.4, -0.2) is 22.1 Å². The van der Waals surface area contributed by atoms with E-state index in [9.17, 15) is 9.59 Å². The minimum atomic E-state index is -0.434. The summed E-state index contributed by atoms with van der Waals surface area (Å²) >= 11 is 1.35. The van der Waals surface area contributed by atoms with Gasteiger partial charge in [0.05, 0.1) is 11.3 Å². The van der Waals surface area contributed by atoms with Crippen molar-refractivity contribution < 1.29 is 18.7 Å². The van der Waals surface area contributed by atoms with Crippen LogP contribution in [-0.2, 0) is 11.2 Å². The molecule has 31 heavy (non-hydrogen) atoms. The van der Waals surface area contributed by atoms with Crippen molar-refractivity contribution in [3.63, 3.8) is 0 Å². The molecule has 2 aromatic carbocycles. The zero-order valence-electron chi connectivity index (χ0n) is 16.7. The molecule has 2 heterocycles.